The van der Waals surface area contributed by atoms with E-state index in [4.69, 9.17) is 11.1 Å². The molecular weight excluding hydrogens is 236 g/mol. The van der Waals surface area contributed by atoms with E-state index < -0.39 is 0 Å². The molecule has 2 nitrogen and oxygen atoms in total. The van der Waals surface area contributed by atoms with Crippen molar-refractivity contribution in [1.29, 1.82) is 5.41 Å². The lowest BCUT2D eigenvalue weighted by atomic mass is 9.91. The van der Waals surface area contributed by atoms with Crippen LogP contribution in [-0.2, 0) is 0 Å². The van der Waals surface area contributed by atoms with Crippen LogP contribution >= 0.6 is 28.7 Å². The van der Waals surface area contributed by atoms with Crippen molar-refractivity contribution in [3.05, 3.63) is 0 Å². The van der Waals surface area contributed by atoms with Gasteiger partial charge in [0, 0.05) is 5.75 Å². The van der Waals surface area contributed by atoms with Gasteiger partial charge in [0.25, 0.3) is 0 Å². The van der Waals surface area contributed by atoms with Gasteiger partial charge >= 0.3 is 0 Å². The fraction of sp³-hybridized carbons (Fsp3) is 0.875. The molecule has 0 aliphatic heterocycles. The number of nitrogens with two attached hydrogens (primary N) is 1. The highest BCUT2D eigenvalue weighted by Gasteiger charge is 2.13. The molecule has 0 radical (unpaired) electrons. The minimum Gasteiger partial charge on any atom is -0.379 e. The van der Waals surface area contributed by atoms with Gasteiger partial charge in [-0.15, -0.1) is 17.0 Å². The maximum Gasteiger partial charge on any atom is 0.151 e. The summed E-state index contributed by atoms with van der Waals surface area (Å²) in [4.78, 5) is 0. The van der Waals surface area contributed by atoms with Crippen molar-refractivity contribution in [2.75, 3.05) is 5.75 Å². The molecule has 0 aromatic carbocycles. The second-order valence-corrected chi connectivity index (χ2v) is 4.24. The molecule has 0 spiro atoms. The summed E-state index contributed by atoms with van der Waals surface area (Å²) in [6.07, 6.45) is 6.86. The molecule has 0 bridgehead atoms. The van der Waals surface area contributed by atoms with Gasteiger partial charge in [0.1, 0.15) is 0 Å². The normalized spacial score (nSPS) is 18.3. The summed E-state index contributed by atoms with van der Waals surface area (Å²) in [6, 6.07) is 0. The quantitative estimate of drug-likeness (QED) is 0.587. The topological polar surface area (TPSA) is 49.9 Å². The Bertz CT molecular complexity index is 135. The van der Waals surface area contributed by atoms with E-state index in [1.54, 1.807) is 0 Å². The number of rotatable bonds is 2. The zero-order valence-electron chi connectivity index (χ0n) is 7.21. The third-order valence-corrected chi connectivity index (χ3v) is 3.15. The van der Waals surface area contributed by atoms with E-state index in [-0.39, 0.29) is 22.1 Å². The largest absolute Gasteiger partial charge is 0.379 e. The summed E-state index contributed by atoms with van der Waals surface area (Å²) in [5, 5.41) is 7.33. The molecule has 0 aromatic heterocycles. The van der Waals surface area contributed by atoms with Gasteiger partial charge in [-0.2, -0.15) is 0 Å². The average Bonchev–Trinajstić information content (AvgIpc) is 2.03. The summed E-state index contributed by atoms with van der Waals surface area (Å²) in [5.41, 5.74) is 5.26. The van der Waals surface area contributed by atoms with Crippen molar-refractivity contribution in [3.63, 3.8) is 0 Å². The Labute approximate surface area is 88.9 Å². The first-order valence-corrected chi connectivity index (χ1v) is 5.24. The molecule has 72 valence electrons. The van der Waals surface area contributed by atoms with Crippen LogP contribution in [0.1, 0.15) is 32.1 Å². The highest BCUT2D eigenvalue weighted by atomic mass is 79.9. The van der Waals surface area contributed by atoms with Crippen LogP contribution in [0.2, 0.25) is 0 Å². The number of hydrogen-bond acceptors (Lipinski definition) is 2. The van der Waals surface area contributed by atoms with Crippen molar-refractivity contribution in [2.24, 2.45) is 11.7 Å². The number of amidine groups is 1. The molecule has 0 heterocycles. The van der Waals surface area contributed by atoms with Crippen LogP contribution in [-0.4, -0.2) is 10.9 Å². The Morgan fingerprint density at radius 2 is 1.92 bits per heavy atom. The summed E-state index contributed by atoms with van der Waals surface area (Å²) < 4.78 is 0. The minimum atomic E-state index is 0. The van der Waals surface area contributed by atoms with Crippen LogP contribution in [0.5, 0.6) is 0 Å². The van der Waals surface area contributed by atoms with Crippen LogP contribution in [0.25, 0.3) is 0 Å². The van der Waals surface area contributed by atoms with E-state index in [1.165, 1.54) is 43.9 Å². The van der Waals surface area contributed by atoms with E-state index in [9.17, 15) is 0 Å². The van der Waals surface area contributed by atoms with Crippen molar-refractivity contribution >= 4 is 33.9 Å². The predicted octanol–water partition coefficient (Wildman–Crippen LogP) is 2.77. The fourth-order valence-corrected chi connectivity index (χ4v) is 2.31. The van der Waals surface area contributed by atoms with E-state index in [2.05, 4.69) is 0 Å². The summed E-state index contributed by atoms with van der Waals surface area (Å²) >= 11 is 1.50. The van der Waals surface area contributed by atoms with E-state index in [0.29, 0.717) is 0 Å². The molecule has 1 aliphatic rings. The first kappa shape index (κ1) is 12.3. The molecule has 0 saturated heterocycles. The first-order chi connectivity index (χ1) is 5.29. The highest BCUT2D eigenvalue weighted by molar-refractivity contribution is 8.93. The van der Waals surface area contributed by atoms with Crippen LogP contribution in [0.4, 0.5) is 0 Å². The van der Waals surface area contributed by atoms with Crippen LogP contribution < -0.4 is 5.73 Å². The molecule has 4 heteroatoms. The lowest BCUT2D eigenvalue weighted by Gasteiger charge is -2.20. The van der Waals surface area contributed by atoms with Gasteiger partial charge in [0.2, 0.25) is 0 Å². The first-order valence-electron chi connectivity index (χ1n) is 4.26. The van der Waals surface area contributed by atoms with Crippen molar-refractivity contribution in [3.8, 4) is 0 Å². The van der Waals surface area contributed by atoms with Crippen molar-refractivity contribution in [1.82, 2.24) is 0 Å². The van der Waals surface area contributed by atoms with Crippen molar-refractivity contribution < 1.29 is 0 Å². The maximum absolute atomic E-state index is 7.05. The van der Waals surface area contributed by atoms with Gasteiger partial charge in [-0.25, -0.2) is 0 Å². The van der Waals surface area contributed by atoms with Crippen LogP contribution in [0.15, 0.2) is 0 Å². The van der Waals surface area contributed by atoms with E-state index >= 15 is 0 Å². The number of hydrogen-bond donors (Lipinski definition) is 2. The molecule has 1 aliphatic carbocycles. The van der Waals surface area contributed by atoms with Crippen LogP contribution in [0, 0.1) is 11.3 Å². The Hall–Kier alpha value is 0.300. The lowest BCUT2D eigenvalue weighted by molar-refractivity contribution is 0.391. The van der Waals surface area contributed by atoms with Gasteiger partial charge < -0.3 is 5.73 Å². The second kappa shape index (κ2) is 6.78. The minimum absolute atomic E-state index is 0. The van der Waals surface area contributed by atoms with E-state index in [1.807, 2.05) is 0 Å². The molecule has 1 fully saturated rings. The maximum atomic E-state index is 7.05. The van der Waals surface area contributed by atoms with Gasteiger partial charge in [0.05, 0.1) is 0 Å². The zero-order valence-corrected chi connectivity index (χ0v) is 9.74. The molecule has 0 aromatic rings. The van der Waals surface area contributed by atoms with Gasteiger partial charge in [-0.3, -0.25) is 5.41 Å². The Kier molecular flexibility index (Phi) is 6.95. The molecular formula is C8H17BrN2S. The molecule has 0 atom stereocenters. The van der Waals surface area contributed by atoms with Crippen LogP contribution in [0.3, 0.4) is 0 Å². The van der Waals surface area contributed by atoms with Gasteiger partial charge in [-0.05, 0) is 18.8 Å². The van der Waals surface area contributed by atoms with Gasteiger partial charge in [0.15, 0.2) is 5.17 Å². The molecule has 1 rings (SSSR count). The fourth-order valence-electron chi connectivity index (χ4n) is 1.56. The Morgan fingerprint density at radius 3 is 2.42 bits per heavy atom. The third kappa shape index (κ3) is 5.04. The lowest BCUT2D eigenvalue weighted by Crippen LogP contribution is -2.12. The second-order valence-electron chi connectivity index (χ2n) is 3.18. The SMILES string of the molecule is Br.N=C(N)SCC1CCCCC1. The number of nitrogens with one attached hydrogen (secondary N) is 1. The molecule has 1 saturated carbocycles. The molecule has 12 heavy (non-hydrogen) atoms. The monoisotopic (exact) mass is 252 g/mol. The molecule has 0 amide bonds. The summed E-state index contributed by atoms with van der Waals surface area (Å²) in [5.74, 6) is 1.90. The van der Waals surface area contributed by atoms with Gasteiger partial charge in [-0.1, -0.05) is 31.0 Å². The molecule has 3 N–H and O–H groups in total. The number of thioether (sulfide) groups is 1. The van der Waals surface area contributed by atoms with Crippen molar-refractivity contribution in [2.45, 2.75) is 32.1 Å². The Morgan fingerprint density at radius 1 is 1.33 bits per heavy atom. The third-order valence-electron chi connectivity index (χ3n) is 2.20. The standard InChI is InChI=1S/C8H16N2S.BrH/c9-8(10)11-6-7-4-2-1-3-5-7;/h7H,1-6H2,(H3,9,10);1H. The molecule has 0 unspecified atom stereocenters. The Balaban J connectivity index is 0.00000121. The van der Waals surface area contributed by atoms with E-state index in [0.717, 1.165) is 11.7 Å². The highest BCUT2D eigenvalue weighted by Crippen LogP contribution is 2.26. The zero-order chi connectivity index (χ0) is 8.10. The average molecular weight is 253 g/mol. The summed E-state index contributed by atoms with van der Waals surface area (Å²) in [6.45, 7) is 0. The summed E-state index contributed by atoms with van der Waals surface area (Å²) in [7, 11) is 0. The smallest absolute Gasteiger partial charge is 0.151 e. The number of halogens is 1. The predicted molar refractivity (Wildman–Crippen MR) is 61.3 cm³/mol.